The minimum Gasteiger partial charge on any atom is -0.497 e. The summed E-state index contributed by atoms with van der Waals surface area (Å²) in [7, 11) is 1.69. The minimum absolute atomic E-state index is 0.0277. The highest BCUT2D eigenvalue weighted by atomic mass is 16.5. The van der Waals surface area contributed by atoms with Crippen LogP contribution in [0.25, 0.3) is 0 Å². The quantitative estimate of drug-likeness (QED) is 0.700. The van der Waals surface area contributed by atoms with Gasteiger partial charge >= 0.3 is 0 Å². The number of nitrogens with two attached hydrogens (primary N) is 1. The first-order valence-corrected chi connectivity index (χ1v) is 8.16. The molecule has 2 atom stereocenters. The van der Waals surface area contributed by atoms with Crippen LogP contribution in [0, 0.1) is 0 Å². The average Bonchev–Trinajstić information content (AvgIpc) is 2.50. The monoisotopic (exact) mass is 292 g/mol. The topological polar surface area (TPSA) is 38.5 Å². The number of hydrogen-bond acceptors (Lipinski definition) is 3. The Morgan fingerprint density at radius 2 is 1.71 bits per heavy atom. The summed E-state index contributed by atoms with van der Waals surface area (Å²) in [5.41, 5.74) is 7.66. The molecule has 0 radical (unpaired) electrons. The second-order valence-corrected chi connectivity index (χ2v) is 6.08. The van der Waals surface area contributed by atoms with Crippen molar-refractivity contribution in [1.29, 1.82) is 0 Å². The van der Waals surface area contributed by atoms with Crippen molar-refractivity contribution in [1.82, 2.24) is 4.90 Å². The molecule has 0 fully saturated rings. The van der Waals surface area contributed by atoms with Gasteiger partial charge in [0.1, 0.15) is 5.75 Å². The summed E-state index contributed by atoms with van der Waals surface area (Å²) >= 11 is 0. The second-order valence-electron chi connectivity index (χ2n) is 6.08. The fourth-order valence-corrected chi connectivity index (χ4v) is 2.79. The fourth-order valence-electron chi connectivity index (χ4n) is 2.79. The van der Waals surface area contributed by atoms with Gasteiger partial charge in [-0.05, 0) is 51.4 Å². The molecule has 21 heavy (non-hydrogen) atoms. The van der Waals surface area contributed by atoms with Gasteiger partial charge < -0.3 is 10.5 Å². The normalized spacial score (nSPS) is 14.5. The standard InChI is InChI=1S/C18H32N2O/c1-6-7-8-13-20(14(2)3)15(4)18(19)16-9-11-17(21-5)12-10-16/h9-12,14-15,18H,6-8,13,19H2,1-5H3. The highest BCUT2D eigenvalue weighted by Gasteiger charge is 2.23. The summed E-state index contributed by atoms with van der Waals surface area (Å²) in [6.45, 7) is 10.1. The number of hydrogen-bond donors (Lipinski definition) is 1. The molecule has 0 amide bonds. The molecule has 0 bridgehead atoms. The van der Waals surface area contributed by atoms with Crippen LogP contribution in [-0.2, 0) is 0 Å². The third-order valence-corrected chi connectivity index (χ3v) is 4.23. The molecule has 3 heteroatoms. The molecule has 0 saturated heterocycles. The molecule has 120 valence electrons. The van der Waals surface area contributed by atoms with Crippen molar-refractivity contribution in [2.24, 2.45) is 5.73 Å². The van der Waals surface area contributed by atoms with Crippen molar-refractivity contribution in [3.05, 3.63) is 29.8 Å². The molecular formula is C18H32N2O. The van der Waals surface area contributed by atoms with Crippen molar-refractivity contribution in [3.63, 3.8) is 0 Å². The van der Waals surface area contributed by atoms with Gasteiger partial charge in [-0.2, -0.15) is 0 Å². The predicted molar refractivity (Wildman–Crippen MR) is 90.8 cm³/mol. The third kappa shape index (κ3) is 5.33. The number of methoxy groups -OCH3 is 1. The van der Waals surface area contributed by atoms with Gasteiger partial charge in [0, 0.05) is 18.1 Å². The van der Waals surface area contributed by atoms with Crippen LogP contribution < -0.4 is 10.5 Å². The fraction of sp³-hybridized carbons (Fsp3) is 0.667. The first-order valence-electron chi connectivity index (χ1n) is 8.16. The number of benzene rings is 1. The molecule has 3 nitrogen and oxygen atoms in total. The van der Waals surface area contributed by atoms with Crippen LogP contribution in [0.2, 0.25) is 0 Å². The lowest BCUT2D eigenvalue weighted by molar-refractivity contribution is 0.140. The highest BCUT2D eigenvalue weighted by Crippen LogP contribution is 2.23. The Bertz CT molecular complexity index is 389. The maximum atomic E-state index is 6.49. The summed E-state index contributed by atoms with van der Waals surface area (Å²) in [6, 6.07) is 8.99. The van der Waals surface area contributed by atoms with Gasteiger partial charge in [-0.3, -0.25) is 4.90 Å². The van der Waals surface area contributed by atoms with Gasteiger partial charge in [-0.25, -0.2) is 0 Å². The lowest BCUT2D eigenvalue weighted by atomic mass is 9.98. The van der Waals surface area contributed by atoms with Crippen LogP contribution in [-0.4, -0.2) is 30.6 Å². The number of rotatable bonds is 9. The Morgan fingerprint density at radius 1 is 1.10 bits per heavy atom. The molecular weight excluding hydrogens is 260 g/mol. The average molecular weight is 292 g/mol. The summed E-state index contributed by atoms with van der Waals surface area (Å²) in [4.78, 5) is 2.52. The van der Waals surface area contributed by atoms with E-state index in [2.05, 4.69) is 44.7 Å². The Hall–Kier alpha value is -1.06. The van der Waals surface area contributed by atoms with Gasteiger partial charge in [0.15, 0.2) is 0 Å². The van der Waals surface area contributed by atoms with E-state index in [1.54, 1.807) is 7.11 Å². The van der Waals surface area contributed by atoms with E-state index in [1.165, 1.54) is 24.8 Å². The van der Waals surface area contributed by atoms with E-state index in [-0.39, 0.29) is 6.04 Å². The van der Waals surface area contributed by atoms with Crippen LogP contribution in [0.3, 0.4) is 0 Å². The van der Waals surface area contributed by atoms with Crippen molar-refractivity contribution >= 4 is 0 Å². The maximum Gasteiger partial charge on any atom is 0.118 e. The highest BCUT2D eigenvalue weighted by molar-refractivity contribution is 5.29. The van der Waals surface area contributed by atoms with Gasteiger partial charge in [-0.15, -0.1) is 0 Å². The van der Waals surface area contributed by atoms with Crippen molar-refractivity contribution in [2.45, 2.75) is 65.1 Å². The van der Waals surface area contributed by atoms with Crippen LogP contribution in [0.15, 0.2) is 24.3 Å². The first-order chi connectivity index (χ1) is 10.0. The molecule has 1 aromatic rings. The lowest BCUT2D eigenvalue weighted by Gasteiger charge is -2.36. The van der Waals surface area contributed by atoms with Crippen LogP contribution in [0.1, 0.15) is 58.6 Å². The zero-order chi connectivity index (χ0) is 15.8. The summed E-state index contributed by atoms with van der Waals surface area (Å²) in [5, 5.41) is 0. The van der Waals surface area contributed by atoms with E-state index < -0.39 is 0 Å². The van der Waals surface area contributed by atoms with Gasteiger partial charge in [0.25, 0.3) is 0 Å². The largest absolute Gasteiger partial charge is 0.497 e. The van der Waals surface area contributed by atoms with E-state index in [9.17, 15) is 0 Å². The molecule has 1 aromatic carbocycles. The number of unbranched alkanes of at least 4 members (excludes halogenated alkanes) is 2. The predicted octanol–water partition coefficient (Wildman–Crippen LogP) is 3.98. The maximum absolute atomic E-state index is 6.49. The Balaban J connectivity index is 2.73. The summed E-state index contributed by atoms with van der Waals surface area (Å²) in [5.74, 6) is 0.877. The van der Waals surface area contributed by atoms with E-state index in [4.69, 9.17) is 10.5 Å². The third-order valence-electron chi connectivity index (χ3n) is 4.23. The van der Waals surface area contributed by atoms with Crippen molar-refractivity contribution in [2.75, 3.05) is 13.7 Å². The van der Waals surface area contributed by atoms with Crippen LogP contribution in [0.5, 0.6) is 5.75 Å². The first kappa shape index (κ1) is 18.0. The molecule has 0 saturated carbocycles. The molecule has 0 aromatic heterocycles. The molecule has 0 aliphatic rings. The molecule has 0 aliphatic carbocycles. The molecule has 0 heterocycles. The van der Waals surface area contributed by atoms with E-state index in [1.807, 2.05) is 12.1 Å². The zero-order valence-corrected chi connectivity index (χ0v) is 14.3. The SMILES string of the molecule is CCCCCN(C(C)C)C(C)C(N)c1ccc(OC)cc1. The Kier molecular flexibility index (Phi) is 7.76. The molecule has 0 aliphatic heterocycles. The van der Waals surface area contributed by atoms with Gasteiger partial charge in [-0.1, -0.05) is 31.9 Å². The smallest absolute Gasteiger partial charge is 0.118 e. The molecule has 2 N–H and O–H groups in total. The van der Waals surface area contributed by atoms with Gasteiger partial charge in [0.2, 0.25) is 0 Å². The molecule has 1 rings (SSSR count). The summed E-state index contributed by atoms with van der Waals surface area (Å²) < 4.78 is 5.21. The van der Waals surface area contributed by atoms with Crippen LogP contribution in [0.4, 0.5) is 0 Å². The number of nitrogens with zero attached hydrogens (tertiary/aromatic N) is 1. The Labute approximate surface area is 130 Å². The summed E-state index contributed by atoms with van der Waals surface area (Å²) in [6.07, 6.45) is 3.78. The van der Waals surface area contributed by atoms with E-state index in [0.717, 1.165) is 12.3 Å². The molecule has 2 unspecified atom stereocenters. The Morgan fingerprint density at radius 3 is 2.19 bits per heavy atom. The van der Waals surface area contributed by atoms with Crippen molar-refractivity contribution in [3.8, 4) is 5.75 Å². The lowest BCUT2D eigenvalue weighted by Crippen LogP contribution is -2.45. The second kappa shape index (κ2) is 9.06. The number of ether oxygens (including phenoxy) is 1. The van der Waals surface area contributed by atoms with Gasteiger partial charge in [0.05, 0.1) is 7.11 Å². The van der Waals surface area contributed by atoms with E-state index >= 15 is 0 Å². The van der Waals surface area contributed by atoms with E-state index in [0.29, 0.717) is 12.1 Å². The molecule has 0 spiro atoms. The van der Waals surface area contributed by atoms with Crippen molar-refractivity contribution < 1.29 is 4.74 Å². The zero-order valence-electron chi connectivity index (χ0n) is 14.3. The van der Waals surface area contributed by atoms with Crippen LogP contribution >= 0.6 is 0 Å². The minimum atomic E-state index is 0.0277.